The Hall–Kier alpha value is 0.200. The molecule has 0 saturated heterocycles. The molecule has 1 atom stereocenters. The predicted molar refractivity (Wildman–Crippen MR) is 109 cm³/mol. The van der Waals surface area contributed by atoms with E-state index in [-0.39, 0.29) is 5.97 Å². The summed E-state index contributed by atoms with van der Waals surface area (Å²) >= 11 is 2.65. The molecule has 0 spiro atoms. The van der Waals surface area contributed by atoms with Crippen LogP contribution in [0.5, 0.6) is 0 Å². The van der Waals surface area contributed by atoms with Gasteiger partial charge >= 0.3 is 5.97 Å². The summed E-state index contributed by atoms with van der Waals surface area (Å²) in [5.41, 5.74) is 0. The number of carbonyl (C=O) groups excluding carboxylic acids is 1. The normalized spacial score (nSPS) is 12.3. The van der Waals surface area contributed by atoms with Gasteiger partial charge in [-0.25, -0.2) is 0 Å². The first kappa shape index (κ1) is 23.2. The lowest BCUT2D eigenvalue weighted by molar-refractivity contribution is -0.143. The second kappa shape index (κ2) is 18.5. The Labute approximate surface area is 158 Å². The molecule has 0 N–H and O–H groups in total. The van der Waals surface area contributed by atoms with Crippen LogP contribution in [-0.4, -0.2) is 16.5 Å². The molecule has 0 amide bonds. The third-order valence-corrected chi connectivity index (χ3v) is 5.57. The molecule has 0 aliphatic carbocycles. The topological polar surface area (TPSA) is 26.3 Å². The van der Waals surface area contributed by atoms with E-state index in [1.165, 1.54) is 83.5 Å². The van der Waals surface area contributed by atoms with Crippen LogP contribution in [0.1, 0.15) is 110 Å². The molecule has 0 aliphatic heterocycles. The van der Waals surface area contributed by atoms with E-state index >= 15 is 0 Å². The maximum absolute atomic E-state index is 11.2. The second-order valence-electron chi connectivity index (χ2n) is 6.62. The van der Waals surface area contributed by atoms with Crippen LogP contribution in [0.15, 0.2) is 0 Å². The summed E-state index contributed by atoms with van der Waals surface area (Å²) in [6, 6.07) is 0. The molecule has 0 saturated carbocycles. The van der Waals surface area contributed by atoms with Gasteiger partial charge in [0.2, 0.25) is 0 Å². The number of hydrogen-bond acceptors (Lipinski definition) is 2. The van der Waals surface area contributed by atoms with Crippen LogP contribution in [0.25, 0.3) is 0 Å². The van der Waals surface area contributed by atoms with Gasteiger partial charge in [-0.3, -0.25) is 4.79 Å². The van der Waals surface area contributed by atoms with Crippen LogP contribution in [0.2, 0.25) is 0 Å². The minimum Gasteiger partial charge on any atom is -0.466 e. The standard InChI is InChI=1S/C20H39IO2/c1-3-5-6-7-10-13-16-19(21)17-14-11-8-9-12-15-18-20(22)23-4-2/h19H,3-18H2,1-2H3. The summed E-state index contributed by atoms with van der Waals surface area (Å²) < 4.78 is 5.81. The Bertz CT molecular complexity index is 256. The van der Waals surface area contributed by atoms with Crippen LogP contribution in [0.3, 0.4) is 0 Å². The summed E-state index contributed by atoms with van der Waals surface area (Å²) in [5.74, 6) is -0.0325. The third-order valence-electron chi connectivity index (χ3n) is 4.32. The van der Waals surface area contributed by atoms with E-state index in [0.717, 1.165) is 10.3 Å². The number of halogens is 1. The minimum atomic E-state index is -0.0325. The zero-order valence-corrected chi connectivity index (χ0v) is 17.7. The molecule has 0 aromatic rings. The SMILES string of the molecule is CCCCCCCCC(I)CCCCCCCCC(=O)OCC. The zero-order chi connectivity index (χ0) is 17.2. The van der Waals surface area contributed by atoms with Crippen molar-refractivity contribution in [1.82, 2.24) is 0 Å². The highest BCUT2D eigenvalue weighted by Crippen LogP contribution is 2.20. The van der Waals surface area contributed by atoms with Crippen LogP contribution < -0.4 is 0 Å². The van der Waals surface area contributed by atoms with Gasteiger partial charge in [0.05, 0.1) is 6.61 Å². The molecular formula is C20H39IO2. The number of alkyl halides is 1. The zero-order valence-electron chi connectivity index (χ0n) is 15.6. The molecule has 0 heterocycles. The van der Waals surface area contributed by atoms with Gasteiger partial charge < -0.3 is 4.74 Å². The van der Waals surface area contributed by atoms with Crippen molar-refractivity contribution in [2.45, 2.75) is 114 Å². The van der Waals surface area contributed by atoms with E-state index in [4.69, 9.17) is 4.74 Å². The molecule has 0 aromatic carbocycles. The van der Waals surface area contributed by atoms with E-state index in [0.29, 0.717) is 13.0 Å². The molecule has 0 fully saturated rings. The van der Waals surface area contributed by atoms with Gasteiger partial charge in [0.15, 0.2) is 0 Å². The summed E-state index contributed by atoms with van der Waals surface area (Å²) in [7, 11) is 0. The number of unbranched alkanes of at least 4 members (excludes halogenated alkanes) is 10. The van der Waals surface area contributed by atoms with Crippen LogP contribution in [0.4, 0.5) is 0 Å². The molecule has 1 unspecified atom stereocenters. The Morgan fingerprint density at radius 2 is 1.26 bits per heavy atom. The molecule has 0 aliphatic rings. The van der Waals surface area contributed by atoms with Crippen molar-refractivity contribution in [2.24, 2.45) is 0 Å². The van der Waals surface area contributed by atoms with Crippen molar-refractivity contribution in [3.05, 3.63) is 0 Å². The fourth-order valence-electron chi connectivity index (χ4n) is 2.87. The second-order valence-corrected chi connectivity index (χ2v) is 8.38. The maximum atomic E-state index is 11.2. The number of carbonyl (C=O) groups is 1. The van der Waals surface area contributed by atoms with E-state index in [1.54, 1.807) is 0 Å². The first-order chi connectivity index (χ1) is 11.2. The lowest BCUT2D eigenvalue weighted by Crippen LogP contribution is -2.03. The average molecular weight is 438 g/mol. The van der Waals surface area contributed by atoms with E-state index in [2.05, 4.69) is 29.5 Å². The van der Waals surface area contributed by atoms with Gasteiger partial charge in [0.25, 0.3) is 0 Å². The molecule has 138 valence electrons. The van der Waals surface area contributed by atoms with Crippen LogP contribution in [0, 0.1) is 0 Å². The fraction of sp³-hybridized carbons (Fsp3) is 0.950. The highest BCUT2D eigenvalue weighted by Gasteiger charge is 2.04. The number of esters is 1. The van der Waals surface area contributed by atoms with Crippen molar-refractivity contribution in [2.75, 3.05) is 6.61 Å². The summed E-state index contributed by atoms with van der Waals surface area (Å²) in [4.78, 5) is 11.2. The Morgan fingerprint density at radius 3 is 1.78 bits per heavy atom. The summed E-state index contributed by atoms with van der Waals surface area (Å²) in [6.07, 6.45) is 19.4. The molecule has 0 radical (unpaired) electrons. The third kappa shape index (κ3) is 18.4. The van der Waals surface area contributed by atoms with Crippen molar-refractivity contribution in [3.63, 3.8) is 0 Å². The lowest BCUT2D eigenvalue weighted by atomic mass is 10.0. The summed E-state index contributed by atoms with van der Waals surface area (Å²) in [5, 5.41) is 0. The summed E-state index contributed by atoms with van der Waals surface area (Å²) in [6.45, 7) is 4.65. The van der Waals surface area contributed by atoms with E-state index in [9.17, 15) is 4.79 Å². The van der Waals surface area contributed by atoms with E-state index in [1.807, 2.05) is 6.92 Å². The van der Waals surface area contributed by atoms with Crippen LogP contribution >= 0.6 is 22.6 Å². The highest BCUT2D eigenvalue weighted by atomic mass is 127. The molecular weight excluding hydrogens is 399 g/mol. The number of rotatable bonds is 17. The fourth-order valence-corrected chi connectivity index (χ4v) is 3.75. The van der Waals surface area contributed by atoms with Crippen molar-refractivity contribution in [3.8, 4) is 0 Å². The Morgan fingerprint density at radius 1 is 0.783 bits per heavy atom. The predicted octanol–water partition coefficient (Wildman–Crippen LogP) is 7.22. The Balaban J connectivity index is 3.20. The van der Waals surface area contributed by atoms with Crippen molar-refractivity contribution in [1.29, 1.82) is 0 Å². The average Bonchev–Trinajstić information content (AvgIpc) is 2.53. The monoisotopic (exact) mass is 438 g/mol. The quantitative estimate of drug-likeness (QED) is 0.104. The number of ether oxygens (including phenoxy) is 1. The van der Waals surface area contributed by atoms with Gasteiger partial charge in [0.1, 0.15) is 0 Å². The van der Waals surface area contributed by atoms with Gasteiger partial charge in [-0.15, -0.1) is 0 Å². The van der Waals surface area contributed by atoms with Gasteiger partial charge in [-0.05, 0) is 26.2 Å². The largest absolute Gasteiger partial charge is 0.466 e. The molecule has 0 bridgehead atoms. The van der Waals surface area contributed by atoms with Crippen molar-refractivity contribution >= 4 is 28.6 Å². The van der Waals surface area contributed by atoms with Gasteiger partial charge in [-0.1, -0.05) is 100 Å². The van der Waals surface area contributed by atoms with Crippen molar-refractivity contribution < 1.29 is 9.53 Å². The maximum Gasteiger partial charge on any atom is 0.305 e. The van der Waals surface area contributed by atoms with Gasteiger partial charge in [-0.2, -0.15) is 0 Å². The lowest BCUT2D eigenvalue weighted by Gasteiger charge is -2.09. The van der Waals surface area contributed by atoms with Crippen LogP contribution in [-0.2, 0) is 9.53 Å². The smallest absolute Gasteiger partial charge is 0.305 e. The first-order valence-corrected chi connectivity index (χ1v) is 11.2. The molecule has 2 nitrogen and oxygen atoms in total. The number of hydrogen-bond donors (Lipinski definition) is 0. The molecule has 0 aromatic heterocycles. The van der Waals surface area contributed by atoms with Gasteiger partial charge in [0, 0.05) is 10.3 Å². The Kier molecular flexibility index (Phi) is 18.7. The molecule has 0 rings (SSSR count). The van der Waals surface area contributed by atoms with E-state index < -0.39 is 0 Å². The molecule has 23 heavy (non-hydrogen) atoms. The highest BCUT2D eigenvalue weighted by molar-refractivity contribution is 14.1. The molecule has 3 heteroatoms. The minimum absolute atomic E-state index is 0.0325. The first-order valence-electron chi connectivity index (χ1n) is 10.00.